The van der Waals surface area contributed by atoms with Crippen LogP contribution < -0.4 is 0 Å². The molecule has 0 bridgehead atoms. The van der Waals surface area contributed by atoms with Gasteiger partial charge in [0.2, 0.25) is 0 Å². The van der Waals surface area contributed by atoms with Gasteiger partial charge in [0.15, 0.2) is 9.03 Å². The molecule has 0 saturated carbocycles. The fourth-order valence-corrected chi connectivity index (χ4v) is 1.46. The summed E-state index contributed by atoms with van der Waals surface area (Å²) in [6.07, 6.45) is 4.97. The molecule has 0 saturated heterocycles. The molecule has 2 unspecified atom stereocenters. The van der Waals surface area contributed by atoms with E-state index in [0.717, 1.165) is 6.61 Å². The Morgan fingerprint density at radius 2 is 2.17 bits per heavy atom. The average Bonchev–Trinajstić information content (AvgIpc) is 2.11. The minimum Gasteiger partial charge on any atom is -0.336 e. The Labute approximate surface area is 78.0 Å². The van der Waals surface area contributed by atoms with Crippen molar-refractivity contribution in [3.8, 4) is 0 Å². The smallest absolute Gasteiger partial charge is 0.155 e. The monoisotopic (exact) mass is 190 g/mol. The Bertz CT molecular complexity index is 88.6. The third kappa shape index (κ3) is 7.02. The van der Waals surface area contributed by atoms with E-state index in [2.05, 4.69) is 18.4 Å². The van der Waals surface area contributed by atoms with Crippen LogP contribution in [0.25, 0.3) is 0 Å². The van der Waals surface area contributed by atoms with Gasteiger partial charge in [-0.3, -0.25) is 0 Å². The standard InChI is InChI=1S/C9H19O2P/c1-4-6-7-9(5-2)8-11-12-10-3/h3,9,12H,4-8H2,1-2H3. The average molecular weight is 190 g/mol. The zero-order chi connectivity index (χ0) is 9.23. The van der Waals surface area contributed by atoms with Gasteiger partial charge in [-0.25, -0.2) is 0 Å². The molecule has 0 aliphatic heterocycles. The van der Waals surface area contributed by atoms with Crippen molar-refractivity contribution in [3.05, 3.63) is 7.11 Å². The Morgan fingerprint density at radius 3 is 2.67 bits per heavy atom. The van der Waals surface area contributed by atoms with Gasteiger partial charge < -0.3 is 9.05 Å². The van der Waals surface area contributed by atoms with Crippen molar-refractivity contribution in [1.82, 2.24) is 0 Å². The quantitative estimate of drug-likeness (QED) is 0.431. The Morgan fingerprint density at radius 1 is 1.42 bits per heavy atom. The van der Waals surface area contributed by atoms with Crippen molar-refractivity contribution in [3.63, 3.8) is 0 Å². The van der Waals surface area contributed by atoms with Gasteiger partial charge in [-0.15, -0.1) is 0 Å². The fourth-order valence-electron chi connectivity index (χ4n) is 1.08. The van der Waals surface area contributed by atoms with E-state index in [1.165, 1.54) is 25.7 Å². The van der Waals surface area contributed by atoms with Gasteiger partial charge in [0, 0.05) is 0 Å². The molecular weight excluding hydrogens is 171 g/mol. The summed E-state index contributed by atoms with van der Waals surface area (Å²) in [5.41, 5.74) is 0. The van der Waals surface area contributed by atoms with E-state index < -0.39 is 0 Å². The van der Waals surface area contributed by atoms with E-state index >= 15 is 0 Å². The van der Waals surface area contributed by atoms with Crippen LogP contribution in [0.3, 0.4) is 0 Å². The second-order valence-electron chi connectivity index (χ2n) is 2.93. The first-order valence-electron chi connectivity index (χ1n) is 4.57. The van der Waals surface area contributed by atoms with Gasteiger partial charge in [-0.1, -0.05) is 33.1 Å². The van der Waals surface area contributed by atoms with Gasteiger partial charge in [-0.2, -0.15) is 0 Å². The van der Waals surface area contributed by atoms with E-state index in [1.54, 1.807) is 0 Å². The molecule has 3 heteroatoms. The lowest BCUT2D eigenvalue weighted by Gasteiger charge is -2.13. The molecule has 0 rings (SSSR count). The van der Waals surface area contributed by atoms with Crippen LogP contribution in [-0.4, -0.2) is 6.61 Å². The summed E-state index contributed by atoms with van der Waals surface area (Å²) < 4.78 is 9.56. The van der Waals surface area contributed by atoms with Crippen molar-refractivity contribution < 1.29 is 9.05 Å². The topological polar surface area (TPSA) is 18.5 Å². The van der Waals surface area contributed by atoms with Crippen molar-refractivity contribution in [2.75, 3.05) is 6.61 Å². The molecule has 0 heterocycles. The first kappa shape index (κ1) is 12.3. The maximum absolute atomic E-state index is 5.21. The molecule has 0 N–H and O–H groups in total. The summed E-state index contributed by atoms with van der Waals surface area (Å²) in [5, 5.41) is 0. The molecule has 2 radical (unpaired) electrons. The van der Waals surface area contributed by atoms with Gasteiger partial charge in [0.05, 0.1) is 6.61 Å². The fraction of sp³-hybridized carbons (Fsp3) is 0.889. The van der Waals surface area contributed by atoms with E-state index in [4.69, 9.17) is 11.6 Å². The lowest BCUT2D eigenvalue weighted by atomic mass is 10.0. The number of rotatable bonds is 8. The first-order chi connectivity index (χ1) is 5.85. The van der Waals surface area contributed by atoms with Gasteiger partial charge in [0.25, 0.3) is 0 Å². The molecule has 72 valence electrons. The maximum atomic E-state index is 5.21. The highest BCUT2D eigenvalue weighted by atomic mass is 31.1. The highest BCUT2D eigenvalue weighted by molar-refractivity contribution is 7.26. The largest absolute Gasteiger partial charge is 0.336 e. The summed E-state index contributed by atoms with van der Waals surface area (Å²) in [6.45, 7) is 5.18. The van der Waals surface area contributed by atoms with Crippen LogP contribution in [-0.2, 0) is 9.05 Å². The zero-order valence-electron chi connectivity index (χ0n) is 8.01. The van der Waals surface area contributed by atoms with Gasteiger partial charge in [0.1, 0.15) is 7.11 Å². The maximum Gasteiger partial charge on any atom is 0.155 e. The summed E-state index contributed by atoms with van der Waals surface area (Å²) >= 11 is 0. The molecule has 0 aromatic carbocycles. The van der Waals surface area contributed by atoms with Crippen molar-refractivity contribution >= 4 is 9.03 Å². The molecule has 0 aromatic rings. The minimum absolute atomic E-state index is 0.00643. The Hall–Kier alpha value is 0.350. The van der Waals surface area contributed by atoms with Gasteiger partial charge >= 0.3 is 0 Å². The third-order valence-electron chi connectivity index (χ3n) is 1.97. The minimum atomic E-state index is -0.00643. The number of unbranched alkanes of at least 4 members (excludes halogenated alkanes) is 1. The SMILES string of the molecule is [CH]OPOCC(CC)CCCC. The molecule has 0 amide bonds. The van der Waals surface area contributed by atoms with Crippen molar-refractivity contribution in [1.29, 1.82) is 0 Å². The van der Waals surface area contributed by atoms with E-state index in [1.807, 2.05) is 0 Å². The Kier molecular flexibility index (Phi) is 9.71. The molecule has 0 fully saturated rings. The summed E-state index contributed by atoms with van der Waals surface area (Å²) in [4.78, 5) is 0. The van der Waals surface area contributed by atoms with Crippen molar-refractivity contribution in [2.24, 2.45) is 5.92 Å². The van der Waals surface area contributed by atoms with Crippen LogP contribution in [0.1, 0.15) is 39.5 Å². The van der Waals surface area contributed by atoms with Crippen LogP contribution in [0.2, 0.25) is 0 Å². The molecule has 12 heavy (non-hydrogen) atoms. The molecule has 0 aliphatic carbocycles. The second-order valence-corrected chi connectivity index (χ2v) is 3.62. The zero-order valence-corrected chi connectivity index (χ0v) is 9.01. The van der Waals surface area contributed by atoms with Gasteiger partial charge in [-0.05, 0) is 12.3 Å². The van der Waals surface area contributed by atoms with Crippen LogP contribution >= 0.6 is 9.03 Å². The molecule has 0 aliphatic rings. The normalized spacial score (nSPS) is 14.2. The predicted molar refractivity (Wildman–Crippen MR) is 53.0 cm³/mol. The molecular formula is C9H19O2P. The van der Waals surface area contributed by atoms with Crippen LogP contribution in [0.15, 0.2) is 0 Å². The van der Waals surface area contributed by atoms with Crippen LogP contribution in [0.4, 0.5) is 0 Å². The molecule has 0 spiro atoms. The predicted octanol–water partition coefficient (Wildman–Crippen LogP) is 3.41. The number of hydrogen-bond acceptors (Lipinski definition) is 2. The van der Waals surface area contributed by atoms with Crippen molar-refractivity contribution in [2.45, 2.75) is 39.5 Å². The highest BCUT2D eigenvalue weighted by Gasteiger charge is 2.05. The summed E-state index contributed by atoms with van der Waals surface area (Å²) in [7, 11) is 4.84. The first-order valence-corrected chi connectivity index (χ1v) is 5.39. The Balaban J connectivity index is 3.26. The van der Waals surface area contributed by atoms with E-state index in [9.17, 15) is 0 Å². The molecule has 2 nitrogen and oxygen atoms in total. The van der Waals surface area contributed by atoms with Crippen LogP contribution in [0, 0.1) is 13.0 Å². The van der Waals surface area contributed by atoms with Crippen LogP contribution in [0.5, 0.6) is 0 Å². The summed E-state index contributed by atoms with van der Waals surface area (Å²) in [5.74, 6) is 0.674. The third-order valence-corrected chi connectivity index (χ3v) is 2.35. The number of hydrogen-bond donors (Lipinski definition) is 0. The lowest BCUT2D eigenvalue weighted by molar-refractivity contribution is 0.237. The lowest BCUT2D eigenvalue weighted by Crippen LogP contribution is -2.05. The summed E-state index contributed by atoms with van der Waals surface area (Å²) in [6, 6.07) is 0. The highest BCUT2D eigenvalue weighted by Crippen LogP contribution is 2.19. The molecule has 2 atom stereocenters. The second kappa shape index (κ2) is 9.44. The van der Waals surface area contributed by atoms with E-state index in [-0.39, 0.29) is 9.03 Å². The van der Waals surface area contributed by atoms with E-state index in [0.29, 0.717) is 5.92 Å². The molecule has 0 aromatic heterocycles.